The van der Waals surface area contributed by atoms with Crippen LogP contribution in [-0.4, -0.2) is 45.8 Å². The zero-order valence-corrected chi connectivity index (χ0v) is 13.1. The van der Waals surface area contributed by atoms with Crippen LogP contribution < -0.4 is 0 Å². The second-order valence-corrected chi connectivity index (χ2v) is 6.06. The monoisotopic (exact) mass is 319 g/mol. The largest absolute Gasteiger partial charge is 0.472 e. The summed E-state index contributed by atoms with van der Waals surface area (Å²) >= 11 is 0. The summed E-state index contributed by atoms with van der Waals surface area (Å²) in [7, 11) is 1.78. The molecular formula is C16H21N3O4. The Kier molecular flexibility index (Phi) is 4.76. The lowest BCUT2D eigenvalue weighted by Crippen LogP contribution is -2.34. The molecule has 1 aliphatic rings. The molecule has 1 amide bonds. The van der Waals surface area contributed by atoms with Gasteiger partial charge >= 0.3 is 0 Å². The molecule has 1 aliphatic carbocycles. The van der Waals surface area contributed by atoms with E-state index < -0.39 is 0 Å². The molecule has 23 heavy (non-hydrogen) atoms. The Bertz CT molecular complexity index is 638. The Morgan fingerprint density at radius 2 is 2.35 bits per heavy atom. The quantitative estimate of drug-likeness (QED) is 0.874. The van der Waals surface area contributed by atoms with Gasteiger partial charge in [0.05, 0.1) is 17.9 Å². The van der Waals surface area contributed by atoms with Crippen molar-refractivity contribution in [2.75, 3.05) is 13.6 Å². The van der Waals surface area contributed by atoms with E-state index >= 15 is 0 Å². The molecule has 0 spiro atoms. The van der Waals surface area contributed by atoms with Gasteiger partial charge in [-0.1, -0.05) is 11.6 Å². The van der Waals surface area contributed by atoms with Gasteiger partial charge in [0, 0.05) is 32.4 Å². The van der Waals surface area contributed by atoms with Crippen LogP contribution in [0.15, 0.2) is 27.5 Å². The van der Waals surface area contributed by atoms with E-state index in [1.165, 1.54) is 0 Å². The van der Waals surface area contributed by atoms with Gasteiger partial charge in [-0.15, -0.1) is 0 Å². The van der Waals surface area contributed by atoms with E-state index in [1.54, 1.807) is 30.5 Å². The van der Waals surface area contributed by atoms with Gasteiger partial charge in [-0.2, -0.15) is 4.98 Å². The first kappa shape index (κ1) is 15.7. The van der Waals surface area contributed by atoms with Crippen LogP contribution in [0.3, 0.4) is 0 Å². The van der Waals surface area contributed by atoms with Gasteiger partial charge in [0.25, 0.3) is 0 Å². The van der Waals surface area contributed by atoms with Crippen LogP contribution in [-0.2, 0) is 11.2 Å². The van der Waals surface area contributed by atoms with Gasteiger partial charge in [-0.05, 0) is 18.9 Å². The molecule has 0 aromatic carbocycles. The van der Waals surface area contributed by atoms with Crippen molar-refractivity contribution in [3.05, 3.63) is 24.5 Å². The number of carbonyl (C=O) groups is 1. The summed E-state index contributed by atoms with van der Waals surface area (Å²) in [5.41, 5.74) is 0.749. The average Bonchev–Trinajstić information content (AvgIpc) is 3.26. The van der Waals surface area contributed by atoms with E-state index in [0.29, 0.717) is 31.1 Å². The summed E-state index contributed by atoms with van der Waals surface area (Å²) < 4.78 is 10.1. The highest BCUT2D eigenvalue weighted by molar-refractivity contribution is 5.76. The van der Waals surface area contributed by atoms with Gasteiger partial charge in [-0.3, -0.25) is 4.79 Å². The fourth-order valence-electron chi connectivity index (χ4n) is 2.95. The zero-order valence-electron chi connectivity index (χ0n) is 13.1. The van der Waals surface area contributed by atoms with Crippen LogP contribution in [0.5, 0.6) is 0 Å². The van der Waals surface area contributed by atoms with E-state index in [9.17, 15) is 9.90 Å². The number of amides is 1. The molecule has 7 nitrogen and oxygen atoms in total. The van der Waals surface area contributed by atoms with Gasteiger partial charge in [0.15, 0.2) is 0 Å². The highest BCUT2D eigenvalue weighted by atomic mass is 16.5. The maximum absolute atomic E-state index is 12.2. The standard InChI is InChI=1S/C16H21N3O4/c1-19(9-11-3-2-4-13(11)20)15(21)6-5-14-17-16(18-23-14)12-7-8-22-10-12/h7-8,10-11,13,20H,2-6,9H2,1H3. The molecule has 2 atom stereocenters. The van der Waals surface area contributed by atoms with Crippen molar-refractivity contribution in [2.24, 2.45) is 5.92 Å². The van der Waals surface area contributed by atoms with Crippen LogP contribution in [0.1, 0.15) is 31.6 Å². The predicted molar refractivity (Wildman–Crippen MR) is 81.3 cm³/mol. The molecule has 0 aliphatic heterocycles. The number of nitrogens with zero attached hydrogens (tertiary/aromatic N) is 3. The molecule has 1 saturated carbocycles. The lowest BCUT2D eigenvalue weighted by molar-refractivity contribution is -0.130. The minimum absolute atomic E-state index is 0.0205. The second kappa shape index (κ2) is 6.95. The third-order valence-corrected chi connectivity index (χ3v) is 4.35. The maximum Gasteiger partial charge on any atom is 0.227 e. The molecule has 0 radical (unpaired) electrons. The fourth-order valence-corrected chi connectivity index (χ4v) is 2.95. The van der Waals surface area contributed by atoms with Gasteiger partial charge < -0.3 is 18.9 Å². The smallest absolute Gasteiger partial charge is 0.227 e. The van der Waals surface area contributed by atoms with Crippen LogP contribution in [0.25, 0.3) is 11.4 Å². The summed E-state index contributed by atoms with van der Waals surface area (Å²) in [6.07, 6.45) is 6.38. The zero-order chi connectivity index (χ0) is 16.2. The number of aromatic nitrogens is 2. The van der Waals surface area contributed by atoms with E-state index in [2.05, 4.69) is 10.1 Å². The van der Waals surface area contributed by atoms with Crippen molar-refractivity contribution >= 4 is 5.91 Å². The third-order valence-electron chi connectivity index (χ3n) is 4.35. The van der Waals surface area contributed by atoms with E-state index in [1.807, 2.05) is 0 Å². The molecule has 1 fully saturated rings. The molecule has 3 rings (SSSR count). The summed E-state index contributed by atoms with van der Waals surface area (Å²) in [5, 5.41) is 13.7. The molecule has 1 N–H and O–H groups in total. The molecule has 2 heterocycles. The number of carbonyl (C=O) groups excluding carboxylic acids is 1. The van der Waals surface area contributed by atoms with Gasteiger partial charge in [0.1, 0.15) is 6.26 Å². The van der Waals surface area contributed by atoms with E-state index in [4.69, 9.17) is 8.94 Å². The first-order valence-corrected chi connectivity index (χ1v) is 7.90. The third kappa shape index (κ3) is 3.79. The number of aliphatic hydroxyl groups is 1. The van der Waals surface area contributed by atoms with Crippen molar-refractivity contribution in [1.29, 1.82) is 0 Å². The summed E-state index contributed by atoms with van der Waals surface area (Å²) in [6.45, 7) is 0.601. The first-order chi connectivity index (χ1) is 11.1. The number of hydrogen-bond acceptors (Lipinski definition) is 6. The van der Waals surface area contributed by atoms with E-state index in [-0.39, 0.29) is 17.9 Å². The molecule has 0 saturated heterocycles. The predicted octanol–water partition coefficient (Wildman–Crippen LogP) is 1.88. The minimum Gasteiger partial charge on any atom is -0.472 e. The number of aryl methyl sites for hydroxylation is 1. The highest BCUT2D eigenvalue weighted by Gasteiger charge is 2.27. The van der Waals surface area contributed by atoms with Crippen molar-refractivity contribution in [2.45, 2.75) is 38.2 Å². The summed E-state index contributed by atoms with van der Waals surface area (Å²) in [4.78, 5) is 18.1. The molecule has 2 aromatic rings. The SMILES string of the molecule is CN(CC1CCCC1O)C(=O)CCc1nc(-c2ccoc2)no1. The van der Waals surface area contributed by atoms with Crippen LogP contribution in [0, 0.1) is 5.92 Å². The lowest BCUT2D eigenvalue weighted by atomic mass is 10.1. The molecule has 2 unspecified atom stereocenters. The Balaban J connectivity index is 1.48. The molecule has 0 bridgehead atoms. The Hall–Kier alpha value is -2.15. The van der Waals surface area contributed by atoms with Crippen LogP contribution >= 0.6 is 0 Å². The van der Waals surface area contributed by atoms with Crippen molar-refractivity contribution in [1.82, 2.24) is 15.0 Å². The normalized spacial score (nSPS) is 20.8. The number of aliphatic hydroxyl groups excluding tert-OH is 1. The highest BCUT2D eigenvalue weighted by Crippen LogP contribution is 2.26. The molecule has 7 heteroatoms. The Labute approximate surface area is 134 Å². The van der Waals surface area contributed by atoms with Crippen molar-refractivity contribution in [3.63, 3.8) is 0 Å². The Morgan fingerprint density at radius 1 is 1.48 bits per heavy atom. The van der Waals surface area contributed by atoms with Crippen LogP contribution in [0.4, 0.5) is 0 Å². The van der Waals surface area contributed by atoms with Crippen LogP contribution in [0.2, 0.25) is 0 Å². The Morgan fingerprint density at radius 3 is 3.04 bits per heavy atom. The maximum atomic E-state index is 12.2. The van der Waals surface area contributed by atoms with Crippen molar-refractivity contribution < 1.29 is 18.8 Å². The van der Waals surface area contributed by atoms with E-state index in [0.717, 1.165) is 24.8 Å². The summed E-state index contributed by atoms with van der Waals surface area (Å²) in [5.74, 6) is 1.11. The molecular weight excluding hydrogens is 298 g/mol. The lowest BCUT2D eigenvalue weighted by Gasteiger charge is -2.23. The number of hydrogen-bond donors (Lipinski definition) is 1. The topological polar surface area (TPSA) is 92.6 Å². The number of furan rings is 1. The van der Waals surface area contributed by atoms with Crippen molar-refractivity contribution in [3.8, 4) is 11.4 Å². The minimum atomic E-state index is -0.279. The second-order valence-electron chi connectivity index (χ2n) is 6.06. The molecule has 124 valence electrons. The average molecular weight is 319 g/mol. The molecule has 2 aromatic heterocycles. The van der Waals surface area contributed by atoms with Gasteiger partial charge in [0.2, 0.25) is 17.6 Å². The first-order valence-electron chi connectivity index (χ1n) is 7.90. The fraction of sp³-hybridized carbons (Fsp3) is 0.562. The summed E-state index contributed by atoms with van der Waals surface area (Å²) in [6, 6.07) is 1.75. The number of rotatable bonds is 6. The van der Waals surface area contributed by atoms with Gasteiger partial charge in [-0.25, -0.2) is 0 Å².